The Hall–Kier alpha value is 0.430. The molecule has 1 heterocycles. The lowest BCUT2D eigenvalue weighted by Crippen LogP contribution is -2.52. The van der Waals surface area contributed by atoms with Gasteiger partial charge in [-0.3, -0.25) is 4.79 Å². The Morgan fingerprint density at radius 1 is 1.67 bits per heavy atom. The van der Waals surface area contributed by atoms with E-state index in [-0.39, 0.29) is 6.61 Å². The Bertz CT molecular complexity index is 361. The van der Waals surface area contributed by atoms with E-state index in [1.807, 2.05) is 0 Å². The number of nitrogens with zero attached hydrogens (tertiary/aromatic N) is 2. The minimum absolute atomic E-state index is 0.230. The molecule has 0 amide bonds. The molecule has 4 nitrogen and oxygen atoms in total. The Morgan fingerprint density at radius 2 is 2.28 bits per heavy atom. The van der Waals surface area contributed by atoms with Crippen molar-refractivity contribution in [1.29, 1.82) is 5.26 Å². The maximum absolute atomic E-state index is 11.8. The van der Waals surface area contributed by atoms with E-state index in [2.05, 4.69) is 0 Å². The van der Waals surface area contributed by atoms with E-state index >= 15 is 0 Å². The number of ether oxygens (including phenoxy) is 1. The maximum atomic E-state index is 11.8. The van der Waals surface area contributed by atoms with E-state index in [0.717, 1.165) is 0 Å². The first-order chi connectivity index (χ1) is 8.35. The van der Waals surface area contributed by atoms with Crippen LogP contribution in [0.1, 0.15) is 6.92 Å². The van der Waals surface area contributed by atoms with E-state index in [4.69, 9.17) is 56.4 Å². The quantitative estimate of drug-likeness (QED) is 0.443. The number of esters is 1. The highest BCUT2D eigenvalue weighted by atomic mass is 35.5. The second kappa shape index (κ2) is 6.74. The van der Waals surface area contributed by atoms with Gasteiger partial charge in [-0.05, 0) is 6.92 Å². The minimum atomic E-state index is -1.88. The van der Waals surface area contributed by atoms with Crippen LogP contribution in [-0.2, 0) is 9.53 Å². The van der Waals surface area contributed by atoms with E-state index in [9.17, 15) is 4.79 Å². The number of thioether (sulfide) groups is 1. The summed E-state index contributed by atoms with van der Waals surface area (Å²) in [4.78, 5) is 12.2. The lowest BCUT2D eigenvalue weighted by atomic mass is 10.3. The van der Waals surface area contributed by atoms with Crippen molar-refractivity contribution in [3.05, 3.63) is 0 Å². The summed E-state index contributed by atoms with van der Waals surface area (Å²) in [5.41, 5.74) is 0. The zero-order valence-corrected chi connectivity index (χ0v) is 13.1. The molecule has 0 saturated carbocycles. The predicted octanol–water partition coefficient (Wildman–Crippen LogP) is 2.75. The van der Waals surface area contributed by atoms with Crippen molar-refractivity contribution >= 4 is 64.1 Å². The summed E-state index contributed by atoms with van der Waals surface area (Å²) in [5, 5.41) is 8.44. The smallest absolute Gasteiger partial charge is 0.324 e. The minimum Gasteiger partial charge on any atom is -0.465 e. The summed E-state index contributed by atoms with van der Waals surface area (Å²) in [6, 6.07) is 0.972. The Balaban J connectivity index is 2.99. The van der Waals surface area contributed by atoms with E-state index in [0.29, 0.717) is 5.75 Å². The number of hydrogen-bond acceptors (Lipinski definition) is 5. The molecule has 0 N–H and O–H groups in total. The molecule has 9 heteroatoms. The molecule has 0 spiro atoms. The summed E-state index contributed by atoms with van der Waals surface area (Å²) >= 11 is 24.7. The molecule has 2 unspecified atom stereocenters. The first-order valence-electron chi connectivity index (χ1n) is 4.99. The number of nitriles is 1. The van der Waals surface area contributed by atoms with Gasteiger partial charge in [-0.1, -0.05) is 23.2 Å². The van der Waals surface area contributed by atoms with Gasteiger partial charge in [-0.25, -0.2) is 4.90 Å². The second-order valence-electron chi connectivity index (χ2n) is 3.39. The molecule has 0 bridgehead atoms. The van der Waals surface area contributed by atoms with Gasteiger partial charge in [-0.15, -0.1) is 35.0 Å². The monoisotopic (exact) mass is 350 g/mol. The van der Waals surface area contributed by atoms with Gasteiger partial charge in [0, 0.05) is 5.75 Å². The van der Waals surface area contributed by atoms with Crippen molar-refractivity contribution in [3.63, 3.8) is 0 Å². The Morgan fingerprint density at radius 3 is 2.72 bits per heavy atom. The SMILES string of the molecule is CCOC(=O)C1CSC(C(Cl)Cl)N1C(Cl)(Cl)C#N. The number of halogens is 4. The third-order valence-corrected chi connectivity index (χ3v) is 4.95. The molecular formula is C9H10Cl4N2O2S. The molecule has 0 aromatic heterocycles. The second-order valence-corrected chi connectivity index (χ2v) is 6.99. The van der Waals surface area contributed by atoms with Crippen molar-refractivity contribution in [2.45, 2.75) is 27.6 Å². The summed E-state index contributed by atoms with van der Waals surface area (Å²) in [6.45, 7) is 1.92. The zero-order valence-electron chi connectivity index (χ0n) is 9.28. The standard InChI is InChI=1S/C9H10Cl4N2O2S/c1-2-17-8(16)5-3-18-7(6(10)11)15(5)9(12,13)4-14/h5-7H,2-3H2,1H3. The van der Waals surface area contributed by atoms with E-state index < -0.39 is 26.7 Å². The molecule has 18 heavy (non-hydrogen) atoms. The highest BCUT2D eigenvalue weighted by Gasteiger charge is 2.51. The van der Waals surface area contributed by atoms with Crippen LogP contribution >= 0.6 is 58.2 Å². The van der Waals surface area contributed by atoms with Gasteiger partial charge in [0.25, 0.3) is 4.46 Å². The molecule has 1 aliphatic heterocycles. The van der Waals surface area contributed by atoms with E-state index in [1.165, 1.54) is 16.7 Å². The molecule has 1 rings (SSSR count). The van der Waals surface area contributed by atoms with Crippen LogP contribution in [0.3, 0.4) is 0 Å². The zero-order chi connectivity index (χ0) is 13.9. The molecule has 1 fully saturated rings. The molecule has 1 aliphatic rings. The highest BCUT2D eigenvalue weighted by molar-refractivity contribution is 8.00. The maximum Gasteiger partial charge on any atom is 0.324 e. The third kappa shape index (κ3) is 3.50. The van der Waals surface area contributed by atoms with Crippen LogP contribution in [0, 0.1) is 11.3 Å². The van der Waals surface area contributed by atoms with Gasteiger partial charge >= 0.3 is 5.97 Å². The van der Waals surface area contributed by atoms with Crippen molar-refractivity contribution in [2.75, 3.05) is 12.4 Å². The fraction of sp³-hybridized carbons (Fsp3) is 0.778. The van der Waals surface area contributed by atoms with Gasteiger partial charge < -0.3 is 4.74 Å². The summed E-state index contributed by atoms with van der Waals surface area (Å²) in [6.07, 6.45) is 0. The van der Waals surface area contributed by atoms with Crippen LogP contribution in [0.25, 0.3) is 0 Å². The molecule has 1 saturated heterocycles. The van der Waals surface area contributed by atoms with Crippen LogP contribution in [0.15, 0.2) is 0 Å². The normalized spacial score (nSPS) is 25.2. The highest BCUT2D eigenvalue weighted by Crippen LogP contribution is 2.43. The van der Waals surface area contributed by atoms with Crippen LogP contribution < -0.4 is 0 Å². The fourth-order valence-electron chi connectivity index (χ4n) is 1.56. The summed E-state index contributed by atoms with van der Waals surface area (Å²) in [7, 11) is 0. The molecule has 0 radical (unpaired) electrons. The molecule has 102 valence electrons. The first-order valence-corrected chi connectivity index (χ1v) is 7.66. The van der Waals surface area contributed by atoms with Gasteiger partial charge in [0.2, 0.25) is 0 Å². The average molecular weight is 352 g/mol. The van der Waals surface area contributed by atoms with Crippen molar-refractivity contribution < 1.29 is 9.53 Å². The van der Waals surface area contributed by atoms with Crippen LogP contribution in [0.2, 0.25) is 0 Å². The predicted molar refractivity (Wildman–Crippen MR) is 74.1 cm³/mol. The number of carbonyl (C=O) groups is 1. The number of rotatable bonds is 4. The number of hydrogen-bond donors (Lipinski definition) is 0. The summed E-state index contributed by atoms with van der Waals surface area (Å²) < 4.78 is 3.04. The van der Waals surface area contributed by atoms with Gasteiger partial charge in [0.1, 0.15) is 16.9 Å². The molecule has 0 aromatic rings. The van der Waals surface area contributed by atoms with Crippen molar-refractivity contribution in [3.8, 4) is 6.07 Å². The molecule has 2 atom stereocenters. The number of carbonyl (C=O) groups excluding carboxylic acids is 1. The van der Waals surface area contributed by atoms with Gasteiger partial charge in [0.15, 0.2) is 0 Å². The third-order valence-electron chi connectivity index (χ3n) is 2.27. The topological polar surface area (TPSA) is 53.3 Å². The van der Waals surface area contributed by atoms with Crippen molar-refractivity contribution in [2.24, 2.45) is 0 Å². The average Bonchev–Trinajstić information content (AvgIpc) is 2.74. The largest absolute Gasteiger partial charge is 0.465 e. The molecule has 0 aliphatic carbocycles. The van der Waals surface area contributed by atoms with Crippen LogP contribution in [0.4, 0.5) is 0 Å². The van der Waals surface area contributed by atoms with E-state index in [1.54, 1.807) is 13.0 Å². The Kier molecular flexibility index (Phi) is 6.17. The lowest BCUT2D eigenvalue weighted by molar-refractivity contribution is -0.148. The Labute approximate surface area is 129 Å². The summed E-state index contributed by atoms with van der Waals surface area (Å²) in [5.74, 6) is -0.134. The van der Waals surface area contributed by atoms with Crippen molar-refractivity contribution in [1.82, 2.24) is 4.90 Å². The molecular weight excluding hydrogens is 342 g/mol. The van der Waals surface area contributed by atoms with Gasteiger partial charge in [-0.2, -0.15) is 5.26 Å². The fourth-order valence-corrected chi connectivity index (χ4v) is 4.08. The molecule has 0 aromatic carbocycles. The van der Waals surface area contributed by atoms with Crippen LogP contribution in [-0.4, -0.2) is 43.9 Å². The number of alkyl halides is 4. The van der Waals surface area contributed by atoms with Crippen LogP contribution in [0.5, 0.6) is 0 Å². The first kappa shape index (κ1) is 16.5. The lowest BCUT2D eigenvalue weighted by Gasteiger charge is -2.33. The van der Waals surface area contributed by atoms with Gasteiger partial charge in [0.05, 0.1) is 12.0 Å².